The van der Waals surface area contributed by atoms with Gasteiger partial charge in [0, 0.05) is 18.5 Å². The molecule has 0 fully saturated rings. The Morgan fingerprint density at radius 3 is 3.10 bits per heavy atom. The maximum Gasteiger partial charge on any atom is 0.0792 e. The van der Waals surface area contributed by atoms with Crippen LogP contribution in [-0.4, -0.2) is 24.2 Å². The van der Waals surface area contributed by atoms with Crippen LogP contribution in [0.5, 0.6) is 0 Å². The predicted octanol–water partition coefficient (Wildman–Crippen LogP) is 1.17. The monoisotopic (exact) mass is 134 g/mol. The maximum atomic E-state index is 4.12. The summed E-state index contributed by atoms with van der Waals surface area (Å²) in [5.41, 5.74) is 1.33. The Bertz CT molecular complexity index is 213. The van der Waals surface area contributed by atoms with Gasteiger partial charge < -0.3 is 4.90 Å². The Morgan fingerprint density at radius 1 is 1.50 bits per heavy atom. The second-order valence-corrected chi connectivity index (χ2v) is 2.51. The molecule has 0 spiro atoms. The molecule has 2 heteroatoms. The Morgan fingerprint density at radius 2 is 2.50 bits per heavy atom. The van der Waals surface area contributed by atoms with E-state index in [1.165, 1.54) is 12.1 Å². The summed E-state index contributed by atoms with van der Waals surface area (Å²) in [6.45, 7) is 2.00. The van der Waals surface area contributed by atoms with Crippen LogP contribution in [0, 0.1) is 0 Å². The molecule has 0 aliphatic carbocycles. The zero-order chi connectivity index (χ0) is 6.81. The summed E-state index contributed by atoms with van der Waals surface area (Å²) in [5.74, 6) is 0. The number of hydrogen-bond donors (Lipinski definition) is 0. The SMILES string of the molecule is C1=CN(C2=CC=NC2)CC1. The van der Waals surface area contributed by atoms with Crippen LogP contribution >= 0.6 is 0 Å². The Hall–Kier alpha value is -1.05. The molecule has 2 heterocycles. The third-order valence-corrected chi connectivity index (χ3v) is 1.82. The summed E-state index contributed by atoms with van der Waals surface area (Å²) < 4.78 is 0. The highest BCUT2D eigenvalue weighted by molar-refractivity contribution is 5.75. The van der Waals surface area contributed by atoms with Gasteiger partial charge in [-0.2, -0.15) is 0 Å². The Balaban J connectivity index is 2.06. The van der Waals surface area contributed by atoms with Crippen LogP contribution in [0.4, 0.5) is 0 Å². The van der Waals surface area contributed by atoms with Gasteiger partial charge in [0.25, 0.3) is 0 Å². The lowest BCUT2D eigenvalue weighted by atomic mass is 10.4. The van der Waals surface area contributed by atoms with E-state index >= 15 is 0 Å². The molecule has 2 aliphatic heterocycles. The van der Waals surface area contributed by atoms with Crippen molar-refractivity contribution in [2.24, 2.45) is 4.99 Å². The summed E-state index contributed by atoms with van der Waals surface area (Å²) in [4.78, 5) is 6.37. The minimum Gasteiger partial charge on any atom is -0.350 e. The Labute approximate surface area is 60.6 Å². The zero-order valence-electron chi connectivity index (χ0n) is 5.83. The minimum atomic E-state index is 0.865. The standard InChI is InChI=1S/C8H10N2/c1-2-6-10(5-1)8-3-4-9-7-8/h1,3-5H,2,6-7H2. The Kier molecular flexibility index (Phi) is 1.31. The number of nitrogens with zero attached hydrogens (tertiary/aromatic N) is 2. The van der Waals surface area contributed by atoms with E-state index < -0.39 is 0 Å². The molecule has 0 aromatic carbocycles. The maximum absolute atomic E-state index is 4.12. The fourth-order valence-electron chi connectivity index (χ4n) is 1.25. The van der Waals surface area contributed by atoms with Gasteiger partial charge in [-0.05, 0) is 18.7 Å². The highest BCUT2D eigenvalue weighted by Gasteiger charge is 2.10. The first-order chi connectivity index (χ1) is 4.97. The molecule has 0 bridgehead atoms. The normalized spacial score (nSPS) is 22.4. The van der Waals surface area contributed by atoms with Gasteiger partial charge in [-0.1, -0.05) is 6.08 Å². The molecule has 0 unspecified atom stereocenters. The molecular formula is C8H10N2. The minimum absolute atomic E-state index is 0.865. The predicted molar refractivity (Wildman–Crippen MR) is 41.9 cm³/mol. The molecule has 0 aromatic heterocycles. The van der Waals surface area contributed by atoms with E-state index in [9.17, 15) is 0 Å². The molecular weight excluding hydrogens is 124 g/mol. The second-order valence-electron chi connectivity index (χ2n) is 2.51. The van der Waals surface area contributed by atoms with Gasteiger partial charge in [0.2, 0.25) is 0 Å². The van der Waals surface area contributed by atoms with E-state index in [1.54, 1.807) is 0 Å². The zero-order valence-corrected chi connectivity index (χ0v) is 5.83. The van der Waals surface area contributed by atoms with Gasteiger partial charge in [0.1, 0.15) is 0 Å². The number of hydrogen-bond acceptors (Lipinski definition) is 2. The van der Waals surface area contributed by atoms with Crippen molar-refractivity contribution >= 4 is 6.21 Å². The van der Waals surface area contributed by atoms with Crippen molar-refractivity contribution in [3.63, 3.8) is 0 Å². The molecule has 0 aromatic rings. The highest BCUT2D eigenvalue weighted by atomic mass is 15.1. The van der Waals surface area contributed by atoms with Gasteiger partial charge in [-0.15, -0.1) is 0 Å². The van der Waals surface area contributed by atoms with Crippen LogP contribution in [0.3, 0.4) is 0 Å². The second kappa shape index (κ2) is 2.29. The number of allylic oxidation sites excluding steroid dienone is 1. The first-order valence-corrected chi connectivity index (χ1v) is 3.59. The lowest BCUT2D eigenvalue weighted by Gasteiger charge is -2.15. The van der Waals surface area contributed by atoms with Crippen molar-refractivity contribution in [2.75, 3.05) is 13.1 Å². The third kappa shape index (κ3) is 0.856. The fraction of sp³-hybridized carbons (Fsp3) is 0.375. The summed E-state index contributed by atoms with van der Waals surface area (Å²) in [6.07, 6.45) is 9.47. The average molecular weight is 134 g/mol. The molecule has 2 nitrogen and oxygen atoms in total. The first kappa shape index (κ1) is 5.71. The molecule has 2 rings (SSSR count). The average Bonchev–Trinajstić information content (AvgIpc) is 2.59. The van der Waals surface area contributed by atoms with Gasteiger partial charge in [0.15, 0.2) is 0 Å². The highest BCUT2D eigenvalue weighted by Crippen LogP contribution is 2.14. The van der Waals surface area contributed by atoms with Crippen molar-refractivity contribution in [1.82, 2.24) is 4.90 Å². The molecule has 0 N–H and O–H groups in total. The van der Waals surface area contributed by atoms with Crippen LogP contribution < -0.4 is 0 Å². The molecule has 0 radical (unpaired) electrons. The lowest BCUT2D eigenvalue weighted by molar-refractivity contribution is 0.498. The molecule has 0 saturated heterocycles. The van der Waals surface area contributed by atoms with Crippen molar-refractivity contribution in [2.45, 2.75) is 6.42 Å². The quantitative estimate of drug-likeness (QED) is 0.525. The first-order valence-electron chi connectivity index (χ1n) is 3.59. The third-order valence-electron chi connectivity index (χ3n) is 1.82. The molecule has 10 heavy (non-hydrogen) atoms. The van der Waals surface area contributed by atoms with Crippen molar-refractivity contribution < 1.29 is 0 Å². The van der Waals surface area contributed by atoms with Crippen LogP contribution in [-0.2, 0) is 0 Å². The van der Waals surface area contributed by atoms with E-state index in [0.29, 0.717) is 0 Å². The smallest absolute Gasteiger partial charge is 0.0792 e. The molecule has 2 aliphatic rings. The van der Waals surface area contributed by atoms with E-state index in [-0.39, 0.29) is 0 Å². The van der Waals surface area contributed by atoms with E-state index in [0.717, 1.165) is 13.1 Å². The van der Waals surface area contributed by atoms with E-state index in [1.807, 2.05) is 6.21 Å². The summed E-state index contributed by atoms with van der Waals surface area (Å²) in [5, 5.41) is 0. The largest absolute Gasteiger partial charge is 0.350 e. The topological polar surface area (TPSA) is 15.6 Å². The van der Waals surface area contributed by atoms with Crippen LogP contribution in [0.2, 0.25) is 0 Å². The summed E-state index contributed by atoms with van der Waals surface area (Å²) >= 11 is 0. The molecule has 52 valence electrons. The van der Waals surface area contributed by atoms with Gasteiger partial charge in [-0.3, -0.25) is 4.99 Å². The fourth-order valence-corrected chi connectivity index (χ4v) is 1.25. The van der Waals surface area contributed by atoms with Crippen molar-refractivity contribution in [3.8, 4) is 0 Å². The number of rotatable bonds is 1. The van der Waals surface area contributed by atoms with Gasteiger partial charge >= 0.3 is 0 Å². The summed E-state index contributed by atoms with van der Waals surface area (Å²) in [7, 11) is 0. The molecule has 0 atom stereocenters. The number of aliphatic imine (C=N–C) groups is 1. The van der Waals surface area contributed by atoms with Crippen molar-refractivity contribution in [1.29, 1.82) is 0 Å². The van der Waals surface area contributed by atoms with E-state index in [2.05, 4.69) is 28.2 Å². The molecule has 0 saturated carbocycles. The molecule has 0 amide bonds. The van der Waals surface area contributed by atoms with Crippen LogP contribution in [0.25, 0.3) is 0 Å². The van der Waals surface area contributed by atoms with E-state index in [4.69, 9.17) is 0 Å². The summed E-state index contributed by atoms with van der Waals surface area (Å²) in [6, 6.07) is 0. The van der Waals surface area contributed by atoms with Gasteiger partial charge in [-0.25, -0.2) is 0 Å². The van der Waals surface area contributed by atoms with Crippen LogP contribution in [0.15, 0.2) is 29.0 Å². The van der Waals surface area contributed by atoms with Crippen LogP contribution in [0.1, 0.15) is 6.42 Å². The van der Waals surface area contributed by atoms with Gasteiger partial charge in [0.05, 0.1) is 6.54 Å². The van der Waals surface area contributed by atoms with Crippen molar-refractivity contribution in [3.05, 3.63) is 24.0 Å². The lowest BCUT2D eigenvalue weighted by Crippen LogP contribution is -2.14.